The van der Waals surface area contributed by atoms with Gasteiger partial charge >= 0.3 is 0 Å². The third-order valence-corrected chi connectivity index (χ3v) is 5.75. The number of carbonyl (C=O) groups is 2. The van der Waals surface area contributed by atoms with Crippen molar-refractivity contribution < 1.29 is 9.59 Å². The number of aryl methyl sites for hydroxylation is 1. The molecular weight excluding hydrogens is 374 g/mol. The second-order valence-electron chi connectivity index (χ2n) is 7.56. The maximum absolute atomic E-state index is 13.1. The van der Waals surface area contributed by atoms with Crippen LogP contribution in [0.25, 0.3) is 22.2 Å². The van der Waals surface area contributed by atoms with Crippen molar-refractivity contribution in [2.24, 2.45) is 0 Å². The van der Waals surface area contributed by atoms with Crippen molar-refractivity contribution in [3.63, 3.8) is 0 Å². The Kier molecular flexibility index (Phi) is 4.24. The molecule has 0 fully saturated rings. The molecule has 0 radical (unpaired) electrons. The van der Waals surface area contributed by atoms with E-state index in [2.05, 4.69) is 11.5 Å². The highest BCUT2D eigenvalue weighted by atomic mass is 16.2. The summed E-state index contributed by atoms with van der Waals surface area (Å²) in [6, 6.07) is 21.0. The summed E-state index contributed by atoms with van der Waals surface area (Å²) in [5.74, 6) is 0.695. The number of benzene rings is 3. The zero-order valence-corrected chi connectivity index (χ0v) is 16.9. The molecule has 1 amide bonds. The monoisotopic (exact) mass is 395 g/mol. The molecule has 3 aromatic carbocycles. The summed E-state index contributed by atoms with van der Waals surface area (Å²) in [4.78, 5) is 32.3. The Balaban J connectivity index is 1.44. The molecule has 0 saturated heterocycles. The molecule has 0 aliphatic heterocycles. The number of ketones is 1. The molecule has 1 aromatic heterocycles. The van der Waals surface area contributed by atoms with E-state index < -0.39 is 0 Å². The van der Waals surface area contributed by atoms with Crippen LogP contribution in [0.15, 0.2) is 66.7 Å². The highest BCUT2D eigenvalue weighted by Crippen LogP contribution is 2.36. The predicted molar refractivity (Wildman–Crippen MR) is 117 cm³/mol. The lowest BCUT2D eigenvalue weighted by Crippen LogP contribution is -2.28. The summed E-state index contributed by atoms with van der Waals surface area (Å²) in [5, 5.41) is 0. The molecule has 0 N–H and O–H groups in total. The van der Waals surface area contributed by atoms with Crippen molar-refractivity contribution >= 4 is 22.7 Å². The van der Waals surface area contributed by atoms with Gasteiger partial charge in [0.25, 0.3) is 5.91 Å². The minimum atomic E-state index is -0.128. The van der Waals surface area contributed by atoms with Crippen molar-refractivity contribution in [1.29, 1.82) is 0 Å². The van der Waals surface area contributed by atoms with Crippen LogP contribution in [0.5, 0.6) is 0 Å². The Hall–Kier alpha value is -3.73. The first kappa shape index (κ1) is 18.3. The molecule has 4 aromatic rings. The Morgan fingerprint density at radius 3 is 2.43 bits per heavy atom. The van der Waals surface area contributed by atoms with E-state index in [1.165, 1.54) is 0 Å². The Labute approximate surface area is 174 Å². The normalized spacial score (nSPS) is 12.1. The molecular formula is C25H21N3O2. The highest BCUT2D eigenvalue weighted by Gasteiger charge is 2.27. The van der Waals surface area contributed by atoms with Crippen LogP contribution in [0.3, 0.4) is 0 Å². The number of hydrogen-bond acceptors (Lipinski definition) is 3. The van der Waals surface area contributed by atoms with Gasteiger partial charge in [-0.15, -0.1) is 0 Å². The number of nitrogens with zero attached hydrogens (tertiary/aromatic N) is 3. The SMILES string of the molecule is CCn1c(CN(C)C(=O)c2ccc3c(c2)C(=O)c2ccccc2-3)nc2ccccc21. The van der Waals surface area contributed by atoms with E-state index >= 15 is 0 Å². The van der Waals surface area contributed by atoms with Crippen LogP contribution in [0, 0.1) is 0 Å². The highest BCUT2D eigenvalue weighted by molar-refractivity contribution is 6.22. The lowest BCUT2D eigenvalue weighted by molar-refractivity contribution is 0.0780. The van der Waals surface area contributed by atoms with E-state index in [0.717, 1.165) is 34.5 Å². The molecule has 5 nitrogen and oxygen atoms in total. The number of aromatic nitrogens is 2. The Morgan fingerprint density at radius 2 is 1.63 bits per heavy atom. The van der Waals surface area contributed by atoms with Crippen LogP contribution in [0.1, 0.15) is 39.0 Å². The maximum Gasteiger partial charge on any atom is 0.254 e. The molecule has 5 rings (SSSR count). The fourth-order valence-electron chi connectivity index (χ4n) is 4.26. The average Bonchev–Trinajstić information content (AvgIpc) is 3.27. The fourth-order valence-corrected chi connectivity index (χ4v) is 4.26. The fraction of sp³-hybridized carbons (Fsp3) is 0.160. The minimum absolute atomic E-state index is 0.0225. The van der Waals surface area contributed by atoms with Crippen molar-refractivity contribution in [2.75, 3.05) is 7.05 Å². The third-order valence-electron chi connectivity index (χ3n) is 5.75. The number of imidazole rings is 1. The van der Waals surface area contributed by atoms with Crippen molar-refractivity contribution in [3.05, 3.63) is 89.2 Å². The zero-order valence-electron chi connectivity index (χ0n) is 16.9. The lowest BCUT2D eigenvalue weighted by Gasteiger charge is -2.18. The van der Waals surface area contributed by atoms with E-state index in [0.29, 0.717) is 23.2 Å². The van der Waals surface area contributed by atoms with Gasteiger partial charge in [0, 0.05) is 30.3 Å². The summed E-state index contributed by atoms with van der Waals surface area (Å²) in [6.07, 6.45) is 0. The second kappa shape index (κ2) is 6.95. The van der Waals surface area contributed by atoms with Gasteiger partial charge in [-0.3, -0.25) is 9.59 Å². The van der Waals surface area contributed by atoms with Crippen LogP contribution in [-0.4, -0.2) is 33.2 Å². The molecule has 30 heavy (non-hydrogen) atoms. The topological polar surface area (TPSA) is 55.2 Å². The number of carbonyl (C=O) groups excluding carboxylic acids is 2. The molecule has 0 unspecified atom stereocenters. The summed E-state index contributed by atoms with van der Waals surface area (Å²) in [7, 11) is 1.77. The minimum Gasteiger partial charge on any atom is -0.334 e. The first-order valence-corrected chi connectivity index (χ1v) is 10.1. The molecule has 0 bridgehead atoms. The molecule has 1 heterocycles. The molecule has 148 valence electrons. The number of hydrogen-bond donors (Lipinski definition) is 0. The van der Waals surface area contributed by atoms with Gasteiger partial charge in [-0.1, -0.05) is 42.5 Å². The van der Waals surface area contributed by atoms with Crippen LogP contribution >= 0.6 is 0 Å². The number of fused-ring (bicyclic) bond motifs is 4. The molecule has 0 saturated carbocycles. The first-order valence-electron chi connectivity index (χ1n) is 10.1. The Morgan fingerprint density at radius 1 is 0.933 bits per heavy atom. The van der Waals surface area contributed by atoms with E-state index in [1.54, 1.807) is 24.1 Å². The van der Waals surface area contributed by atoms with Crippen molar-refractivity contribution in [2.45, 2.75) is 20.0 Å². The zero-order chi connectivity index (χ0) is 20.8. The number of amides is 1. The van der Waals surface area contributed by atoms with E-state index in [-0.39, 0.29) is 11.7 Å². The number of rotatable bonds is 4. The van der Waals surface area contributed by atoms with Gasteiger partial charge in [0.2, 0.25) is 0 Å². The van der Waals surface area contributed by atoms with Gasteiger partial charge in [0.1, 0.15) is 5.82 Å². The Bertz CT molecular complexity index is 1320. The predicted octanol–water partition coefficient (Wildman–Crippen LogP) is 4.54. The summed E-state index contributed by atoms with van der Waals surface area (Å²) in [5.41, 5.74) is 5.62. The maximum atomic E-state index is 13.1. The van der Waals surface area contributed by atoms with E-state index in [4.69, 9.17) is 4.98 Å². The smallest absolute Gasteiger partial charge is 0.254 e. The average molecular weight is 395 g/mol. The molecule has 0 atom stereocenters. The largest absolute Gasteiger partial charge is 0.334 e. The van der Waals surface area contributed by atoms with Gasteiger partial charge in [0.05, 0.1) is 17.6 Å². The van der Waals surface area contributed by atoms with Gasteiger partial charge in [-0.25, -0.2) is 4.98 Å². The van der Waals surface area contributed by atoms with Gasteiger partial charge < -0.3 is 9.47 Å². The third kappa shape index (κ3) is 2.74. The second-order valence-corrected chi connectivity index (χ2v) is 7.56. The lowest BCUT2D eigenvalue weighted by atomic mass is 10.0. The van der Waals surface area contributed by atoms with E-state index in [9.17, 15) is 9.59 Å². The summed E-state index contributed by atoms with van der Waals surface area (Å²) < 4.78 is 2.13. The van der Waals surface area contributed by atoms with Crippen molar-refractivity contribution in [3.8, 4) is 11.1 Å². The van der Waals surface area contributed by atoms with E-state index in [1.807, 2.05) is 54.6 Å². The molecule has 1 aliphatic carbocycles. The van der Waals surface area contributed by atoms with Gasteiger partial charge in [-0.2, -0.15) is 0 Å². The van der Waals surface area contributed by atoms with Gasteiger partial charge in [-0.05, 0) is 42.3 Å². The summed E-state index contributed by atoms with van der Waals surface area (Å²) >= 11 is 0. The van der Waals surface area contributed by atoms with Crippen LogP contribution in [0.2, 0.25) is 0 Å². The first-order chi connectivity index (χ1) is 14.6. The molecule has 1 aliphatic rings. The summed E-state index contributed by atoms with van der Waals surface area (Å²) in [6.45, 7) is 3.25. The quantitative estimate of drug-likeness (QED) is 0.449. The molecule has 5 heteroatoms. The standard InChI is InChI=1S/C25H21N3O2/c1-3-28-22-11-7-6-10-21(22)26-23(28)15-27(2)25(30)16-12-13-18-17-8-4-5-9-19(17)24(29)20(18)14-16/h4-14H,3,15H2,1-2H3. The number of para-hydroxylation sites is 2. The van der Waals surface area contributed by atoms with Crippen LogP contribution < -0.4 is 0 Å². The van der Waals surface area contributed by atoms with Crippen LogP contribution in [0.4, 0.5) is 0 Å². The molecule has 0 spiro atoms. The van der Waals surface area contributed by atoms with Crippen LogP contribution in [-0.2, 0) is 13.1 Å². The van der Waals surface area contributed by atoms with Gasteiger partial charge in [0.15, 0.2) is 5.78 Å². The van der Waals surface area contributed by atoms with Crippen molar-refractivity contribution in [1.82, 2.24) is 14.5 Å².